The third kappa shape index (κ3) is 5.00. The van der Waals surface area contributed by atoms with Gasteiger partial charge in [-0.2, -0.15) is 0 Å². The van der Waals surface area contributed by atoms with Crippen LogP contribution >= 0.6 is 0 Å². The molecule has 0 aromatic carbocycles. The number of carbonyl (C=O) groups is 3. The lowest BCUT2D eigenvalue weighted by Gasteiger charge is -2.49. The normalized spacial score (nSPS) is 31.0. The summed E-state index contributed by atoms with van der Waals surface area (Å²) < 4.78 is 10.7. The third-order valence-electron chi connectivity index (χ3n) is 6.26. The van der Waals surface area contributed by atoms with Crippen LogP contribution in [0.5, 0.6) is 0 Å². The molecule has 2 aliphatic rings. The average molecular weight is 389 g/mol. The molecule has 1 fully saturated rings. The van der Waals surface area contributed by atoms with E-state index in [4.69, 9.17) is 9.47 Å². The molecule has 0 spiro atoms. The molecule has 5 nitrogen and oxygen atoms in total. The molecule has 0 aliphatic heterocycles. The van der Waals surface area contributed by atoms with Crippen LogP contribution in [0.1, 0.15) is 53.9 Å². The SMILES string of the molecule is C=C(C)C1CC2(C)C(=CC1=O)CCC(OC(=O)/C=C/C(C)COC(C)=O)C2C. The number of fused-ring (bicyclic) bond motifs is 1. The highest BCUT2D eigenvalue weighted by Gasteiger charge is 2.48. The second-order valence-corrected chi connectivity index (χ2v) is 8.53. The van der Waals surface area contributed by atoms with Crippen LogP contribution in [0.2, 0.25) is 0 Å². The van der Waals surface area contributed by atoms with Crippen molar-refractivity contribution in [2.75, 3.05) is 6.61 Å². The van der Waals surface area contributed by atoms with Crippen molar-refractivity contribution < 1.29 is 23.9 Å². The highest BCUT2D eigenvalue weighted by atomic mass is 16.5. The molecule has 1 saturated carbocycles. The maximum Gasteiger partial charge on any atom is 0.330 e. The Hall–Kier alpha value is -2.17. The summed E-state index contributed by atoms with van der Waals surface area (Å²) in [4.78, 5) is 35.5. The average Bonchev–Trinajstić information content (AvgIpc) is 2.62. The van der Waals surface area contributed by atoms with Gasteiger partial charge in [0.15, 0.2) is 5.78 Å². The summed E-state index contributed by atoms with van der Waals surface area (Å²) in [5, 5.41) is 0. The fourth-order valence-corrected chi connectivity index (χ4v) is 4.20. The number of carbonyl (C=O) groups excluding carboxylic acids is 3. The van der Waals surface area contributed by atoms with Crippen molar-refractivity contribution in [3.63, 3.8) is 0 Å². The highest BCUT2D eigenvalue weighted by Crippen LogP contribution is 2.52. The van der Waals surface area contributed by atoms with E-state index in [1.807, 2.05) is 13.8 Å². The van der Waals surface area contributed by atoms with Crippen LogP contribution in [0, 0.1) is 23.2 Å². The van der Waals surface area contributed by atoms with Crippen LogP contribution in [0.4, 0.5) is 0 Å². The first-order chi connectivity index (χ1) is 13.0. The van der Waals surface area contributed by atoms with E-state index in [2.05, 4.69) is 20.4 Å². The highest BCUT2D eigenvalue weighted by molar-refractivity contribution is 5.95. The molecule has 28 heavy (non-hydrogen) atoms. The Bertz CT molecular complexity index is 717. The van der Waals surface area contributed by atoms with Gasteiger partial charge < -0.3 is 9.47 Å². The van der Waals surface area contributed by atoms with Gasteiger partial charge in [-0.25, -0.2) is 4.79 Å². The minimum absolute atomic E-state index is 0.0621. The number of ketones is 1. The van der Waals surface area contributed by atoms with Crippen LogP contribution in [-0.4, -0.2) is 30.4 Å². The van der Waals surface area contributed by atoms with Gasteiger partial charge >= 0.3 is 11.9 Å². The van der Waals surface area contributed by atoms with E-state index in [-0.39, 0.29) is 53.6 Å². The summed E-state index contributed by atoms with van der Waals surface area (Å²) in [6.45, 7) is 13.6. The molecule has 0 N–H and O–H groups in total. The fourth-order valence-electron chi connectivity index (χ4n) is 4.20. The van der Waals surface area contributed by atoms with Gasteiger partial charge in [-0.15, -0.1) is 0 Å². The molecule has 0 bridgehead atoms. The first-order valence-electron chi connectivity index (χ1n) is 9.97. The second kappa shape index (κ2) is 8.89. The molecular weight excluding hydrogens is 356 g/mol. The summed E-state index contributed by atoms with van der Waals surface area (Å²) in [6, 6.07) is 0. The van der Waals surface area contributed by atoms with Crippen molar-refractivity contribution in [1.82, 2.24) is 0 Å². The van der Waals surface area contributed by atoms with Gasteiger partial charge in [0.25, 0.3) is 0 Å². The van der Waals surface area contributed by atoms with Gasteiger partial charge in [-0.05, 0) is 37.7 Å². The minimum atomic E-state index is -0.383. The van der Waals surface area contributed by atoms with Crippen molar-refractivity contribution in [3.8, 4) is 0 Å². The lowest BCUT2D eigenvalue weighted by Crippen LogP contribution is -2.46. The molecular formula is C23H32O5. The largest absolute Gasteiger partial charge is 0.465 e. The summed E-state index contributed by atoms with van der Waals surface area (Å²) in [5.74, 6) is -0.688. The van der Waals surface area contributed by atoms with Crippen molar-refractivity contribution >= 4 is 17.7 Å². The van der Waals surface area contributed by atoms with E-state index in [9.17, 15) is 14.4 Å². The summed E-state index contributed by atoms with van der Waals surface area (Å²) in [7, 11) is 0. The number of esters is 2. The van der Waals surface area contributed by atoms with E-state index < -0.39 is 0 Å². The van der Waals surface area contributed by atoms with Gasteiger partial charge in [0.2, 0.25) is 0 Å². The smallest absolute Gasteiger partial charge is 0.330 e. The van der Waals surface area contributed by atoms with Gasteiger partial charge in [0.1, 0.15) is 6.10 Å². The maximum absolute atomic E-state index is 12.4. The van der Waals surface area contributed by atoms with Crippen molar-refractivity contribution in [2.45, 2.75) is 60.0 Å². The standard InChI is InChI=1S/C23H32O5/c1-14(2)19-12-23(6)16(4)21(9-8-18(23)11-20(19)25)28-22(26)10-7-15(3)13-27-17(5)24/h7,10-11,15-16,19,21H,1,8-9,12-13H2,2-6H3/b10-7+. The summed E-state index contributed by atoms with van der Waals surface area (Å²) in [5.41, 5.74) is 1.88. The zero-order chi connectivity index (χ0) is 21.1. The van der Waals surface area contributed by atoms with Crippen molar-refractivity contribution in [3.05, 3.63) is 36.0 Å². The van der Waals surface area contributed by atoms with E-state index in [1.54, 1.807) is 12.2 Å². The number of allylic oxidation sites excluding steroid dienone is 3. The third-order valence-corrected chi connectivity index (χ3v) is 6.26. The molecule has 0 saturated heterocycles. The Morgan fingerprint density at radius 2 is 2.07 bits per heavy atom. The van der Waals surface area contributed by atoms with Gasteiger partial charge in [-0.1, -0.05) is 44.6 Å². The second-order valence-electron chi connectivity index (χ2n) is 8.53. The number of hydrogen-bond acceptors (Lipinski definition) is 5. The van der Waals surface area contributed by atoms with E-state index >= 15 is 0 Å². The molecule has 0 aromatic heterocycles. The van der Waals surface area contributed by atoms with Crippen molar-refractivity contribution in [2.24, 2.45) is 23.2 Å². The molecule has 2 aliphatic carbocycles. The fraction of sp³-hybridized carbons (Fsp3) is 0.609. The Balaban J connectivity index is 2.02. The number of rotatable bonds is 6. The molecule has 0 heterocycles. The number of ether oxygens (including phenoxy) is 2. The molecule has 0 amide bonds. The van der Waals surface area contributed by atoms with Gasteiger partial charge in [0.05, 0.1) is 6.61 Å². The maximum atomic E-state index is 12.4. The zero-order valence-electron chi connectivity index (χ0n) is 17.6. The lowest BCUT2D eigenvalue weighted by atomic mass is 9.57. The predicted molar refractivity (Wildman–Crippen MR) is 107 cm³/mol. The molecule has 5 heteroatoms. The number of hydrogen-bond donors (Lipinski definition) is 0. The van der Waals surface area contributed by atoms with Crippen LogP contribution in [0.15, 0.2) is 36.0 Å². The van der Waals surface area contributed by atoms with E-state index in [1.165, 1.54) is 18.6 Å². The molecule has 0 aromatic rings. The van der Waals surface area contributed by atoms with Gasteiger partial charge in [-0.3, -0.25) is 9.59 Å². The Kier molecular flexibility index (Phi) is 7.02. The zero-order valence-corrected chi connectivity index (χ0v) is 17.6. The Morgan fingerprint density at radius 3 is 2.68 bits per heavy atom. The van der Waals surface area contributed by atoms with Crippen LogP contribution in [-0.2, 0) is 23.9 Å². The summed E-state index contributed by atoms with van der Waals surface area (Å²) >= 11 is 0. The monoisotopic (exact) mass is 388 g/mol. The van der Waals surface area contributed by atoms with Crippen LogP contribution in [0.25, 0.3) is 0 Å². The van der Waals surface area contributed by atoms with Crippen molar-refractivity contribution in [1.29, 1.82) is 0 Å². The van der Waals surface area contributed by atoms with Crippen LogP contribution < -0.4 is 0 Å². The lowest BCUT2D eigenvalue weighted by molar-refractivity contribution is -0.150. The predicted octanol–water partition coefficient (Wildman–Crippen LogP) is 4.18. The van der Waals surface area contributed by atoms with E-state index in [0.29, 0.717) is 0 Å². The van der Waals surface area contributed by atoms with E-state index in [0.717, 1.165) is 24.8 Å². The van der Waals surface area contributed by atoms with Crippen LogP contribution in [0.3, 0.4) is 0 Å². The summed E-state index contributed by atoms with van der Waals surface area (Å²) in [6.07, 6.45) is 6.92. The molecule has 2 rings (SSSR count). The molecule has 154 valence electrons. The Labute approximate surface area is 167 Å². The molecule has 5 unspecified atom stereocenters. The van der Waals surface area contributed by atoms with Gasteiger partial charge in [0, 0.05) is 30.8 Å². The first kappa shape index (κ1) is 22.1. The topological polar surface area (TPSA) is 69.7 Å². The minimum Gasteiger partial charge on any atom is -0.465 e. The quantitative estimate of drug-likeness (QED) is 0.388. The molecule has 0 radical (unpaired) electrons. The molecule has 5 atom stereocenters. The first-order valence-corrected chi connectivity index (χ1v) is 9.97. The Morgan fingerprint density at radius 1 is 1.39 bits per heavy atom.